The van der Waals surface area contributed by atoms with Crippen molar-refractivity contribution in [3.8, 4) is 0 Å². The van der Waals surface area contributed by atoms with Crippen molar-refractivity contribution in [2.24, 2.45) is 0 Å². The van der Waals surface area contributed by atoms with Gasteiger partial charge in [-0.2, -0.15) is 0 Å². The van der Waals surface area contributed by atoms with E-state index in [4.69, 9.17) is 9.84 Å². The van der Waals surface area contributed by atoms with Crippen LogP contribution in [0.2, 0.25) is 0 Å². The lowest BCUT2D eigenvalue weighted by molar-refractivity contribution is -0.0946. The van der Waals surface area contributed by atoms with Gasteiger partial charge in [0.2, 0.25) is 0 Å². The highest BCUT2D eigenvalue weighted by molar-refractivity contribution is 4.91. The highest BCUT2D eigenvalue weighted by Crippen LogP contribution is 2.29. The van der Waals surface area contributed by atoms with Crippen molar-refractivity contribution in [2.75, 3.05) is 6.61 Å². The Labute approximate surface area is 60.6 Å². The van der Waals surface area contributed by atoms with Crippen molar-refractivity contribution in [2.45, 2.75) is 38.1 Å². The van der Waals surface area contributed by atoms with Gasteiger partial charge >= 0.3 is 0 Å². The lowest BCUT2D eigenvalue weighted by Crippen LogP contribution is -2.39. The third-order valence-corrected chi connectivity index (χ3v) is 2.04. The van der Waals surface area contributed by atoms with Crippen LogP contribution in [0.25, 0.3) is 0 Å². The molecule has 0 aromatic heterocycles. The molecule has 3 atom stereocenters. The molecule has 10 heavy (non-hydrogen) atoms. The fourth-order valence-electron chi connectivity index (χ4n) is 1.29. The Morgan fingerprint density at radius 3 is 2.50 bits per heavy atom. The topological polar surface area (TPSA) is 49.7 Å². The molecule has 0 aliphatic carbocycles. The largest absolute Gasteiger partial charge is 0.393 e. The standard InChI is InChI=1S/C7H14O3/c1-5-3-6(9)7(2,4-8)10-5/h5-6,8-9H,3-4H2,1-2H3/t5-,6+,7+/m0/s1. The molecule has 0 spiro atoms. The molecule has 0 bridgehead atoms. The molecule has 3 nitrogen and oxygen atoms in total. The maximum absolute atomic E-state index is 9.33. The summed E-state index contributed by atoms with van der Waals surface area (Å²) >= 11 is 0. The Bertz CT molecular complexity index is 126. The lowest BCUT2D eigenvalue weighted by atomic mass is 10.0. The fourth-order valence-corrected chi connectivity index (χ4v) is 1.29. The molecular formula is C7H14O3. The van der Waals surface area contributed by atoms with Gasteiger partial charge in [-0.15, -0.1) is 0 Å². The lowest BCUT2D eigenvalue weighted by Gasteiger charge is -2.24. The molecule has 0 aromatic carbocycles. The van der Waals surface area contributed by atoms with Gasteiger partial charge in [0.15, 0.2) is 0 Å². The van der Waals surface area contributed by atoms with Crippen LogP contribution in [0.5, 0.6) is 0 Å². The van der Waals surface area contributed by atoms with E-state index < -0.39 is 11.7 Å². The molecular weight excluding hydrogens is 132 g/mol. The van der Waals surface area contributed by atoms with E-state index in [1.807, 2.05) is 6.92 Å². The van der Waals surface area contributed by atoms with Gasteiger partial charge in [-0.05, 0) is 13.8 Å². The molecule has 0 aromatic rings. The van der Waals surface area contributed by atoms with E-state index in [2.05, 4.69) is 0 Å². The zero-order chi connectivity index (χ0) is 7.78. The molecule has 1 aliphatic rings. The van der Waals surface area contributed by atoms with Crippen LogP contribution in [0.4, 0.5) is 0 Å². The maximum atomic E-state index is 9.33. The van der Waals surface area contributed by atoms with Crippen molar-refractivity contribution in [1.82, 2.24) is 0 Å². The SMILES string of the molecule is C[C@H]1C[C@@H](O)[C@@](C)(CO)O1. The molecule has 1 fully saturated rings. The number of aliphatic hydroxyl groups is 2. The second-order valence-electron chi connectivity index (χ2n) is 3.15. The molecule has 1 heterocycles. The third kappa shape index (κ3) is 1.17. The number of hydrogen-bond donors (Lipinski definition) is 2. The molecule has 1 aliphatic heterocycles. The second-order valence-corrected chi connectivity index (χ2v) is 3.15. The van der Waals surface area contributed by atoms with Crippen molar-refractivity contribution in [3.05, 3.63) is 0 Å². The van der Waals surface area contributed by atoms with Gasteiger partial charge in [0.25, 0.3) is 0 Å². The number of aliphatic hydroxyl groups excluding tert-OH is 2. The zero-order valence-corrected chi connectivity index (χ0v) is 6.37. The zero-order valence-electron chi connectivity index (χ0n) is 6.37. The minimum atomic E-state index is -0.723. The second kappa shape index (κ2) is 2.49. The van der Waals surface area contributed by atoms with E-state index >= 15 is 0 Å². The summed E-state index contributed by atoms with van der Waals surface area (Å²) in [6, 6.07) is 0. The van der Waals surface area contributed by atoms with Gasteiger partial charge in [-0.1, -0.05) is 0 Å². The summed E-state index contributed by atoms with van der Waals surface area (Å²) in [6.07, 6.45) is 0.163. The van der Waals surface area contributed by atoms with Crippen molar-refractivity contribution in [3.63, 3.8) is 0 Å². The minimum Gasteiger partial charge on any atom is -0.393 e. The quantitative estimate of drug-likeness (QED) is 0.543. The van der Waals surface area contributed by atoms with E-state index in [0.29, 0.717) is 6.42 Å². The van der Waals surface area contributed by atoms with Gasteiger partial charge in [0, 0.05) is 6.42 Å². The van der Waals surface area contributed by atoms with Crippen LogP contribution < -0.4 is 0 Å². The Hall–Kier alpha value is -0.120. The van der Waals surface area contributed by atoms with Gasteiger partial charge in [-0.3, -0.25) is 0 Å². The van der Waals surface area contributed by atoms with E-state index in [9.17, 15) is 5.11 Å². The molecule has 0 radical (unpaired) electrons. The van der Waals surface area contributed by atoms with E-state index in [-0.39, 0.29) is 12.7 Å². The van der Waals surface area contributed by atoms with Crippen LogP contribution in [-0.4, -0.2) is 34.6 Å². The van der Waals surface area contributed by atoms with Crippen molar-refractivity contribution in [1.29, 1.82) is 0 Å². The molecule has 1 rings (SSSR count). The Balaban J connectivity index is 2.61. The summed E-state index contributed by atoms with van der Waals surface area (Å²) in [5.41, 5.74) is -0.723. The van der Waals surface area contributed by atoms with Gasteiger partial charge < -0.3 is 14.9 Å². The van der Waals surface area contributed by atoms with Crippen molar-refractivity contribution >= 4 is 0 Å². The molecule has 60 valence electrons. The minimum absolute atomic E-state index is 0.0622. The van der Waals surface area contributed by atoms with Crippen LogP contribution in [0, 0.1) is 0 Å². The fraction of sp³-hybridized carbons (Fsp3) is 1.00. The first-order chi connectivity index (χ1) is 4.58. The van der Waals surface area contributed by atoms with E-state index in [1.54, 1.807) is 6.92 Å². The maximum Gasteiger partial charge on any atom is 0.115 e. The first kappa shape index (κ1) is 7.98. The smallest absolute Gasteiger partial charge is 0.115 e. The molecule has 0 unspecified atom stereocenters. The summed E-state index contributed by atoms with van der Waals surface area (Å²) in [5.74, 6) is 0. The predicted octanol–water partition coefficient (Wildman–Crippen LogP) is -0.0929. The highest BCUT2D eigenvalue weighted by Gasteiger charge is 2.41. The molecule has 3 heteroatoms. The monoisotopic (exact) mass is 146 g/mol. The van der Waals surface area contributed by atoms with Crippen LogP contribution in [0.1, 0.15) is 20.3 Å². The van der Waals surface area contributed by atoms with Gasteiger partial charge in [-0.25, -0.2) is 0 Å². The molecule has 1 saturated heterocycles. The summed E-state index contributed by atoms with van der Waals surface area (Å²) in [7, 11) is 0. The van der Waals surface area contributed by atoms with Crippen LogP contribution in [0.3, 0.4) is 0 Å². The molecule has 2 N–H and O–H groups in total. The summed E-state index contributed by atoms with van der Waals surface area (Å²) in [4.78, 5) is 0. The Morgan fingerprint density at radius 2 is 2.30 bits per heavy atom. The third-order valence-electron chi connectivity index (χ3n) is 2.04. The van der Waals surface area contributed by atoms with Crippen molar-refractivity contribution < 1.29 is 14.9 Å². The number of rotatable bonds is 1. The van der Waals surface area contributed by atoms with Crippen LogP contribution in [-0.2, 0) is 4.74 Å². The van der Waals surface area contributed by atoms with Gasteiger partial charge in [0.1, 0.15) is 5.60 Å². The Morgan fingerprint density at radius 1 is 1.70 bits per heavy atom. The summed E-state index contributed by atoms with van der Waals surface area (Å²) in [6.45, 7) is 3.50. The van der Waals surface area contributed by atoms with E-state index in [1.165, 1.54) is 0 Å². The van der Waals surface area contributed by atoms with Crippen LogP contribution in [0.15, 0.2) is 0 Å². The first-order valence-electron chi connectivity index (χ1n) is 3.55. The average Bonchev–Trinajstić information content (AvgIpc) is 2.09. The van der Waals surface area contributed by atoms with Crippen LogP contribution >= 0.6 is 0 Å². The number of ether oxygens (including phenoxy) is 1. The molecule has 0 saturated carbocycles. The van der Waals surface area contributed by atoms with Gasteiger partial charge in [0.05, 0.1) is 18.8 Å². The Kier molecular flexibility index (Phi) is 1.99. The normalized spacial score (nSPS) is 48.0. The first-order valence-corrected chi connectivity index (χ1v) is 3.55. The van der Waals surface area contributed by atoms with E-state index in [0.717, 1.165) is 0 Å². The highest BCUT2D eigenvalue weighted by atomic mass is 16.5. The average molecular weight is 146 g/mol. The number of hydrogen-bond acceptors (Lipinski definition) is 3. The molecule has 0 amide bonds. The summed E-state index contributed by atoms with van der Waals surface area (Å²) < 4.78 is 5.31. The summed E-state index contributed by atoms with van der Waals surface area (Å²) in [5, 5.41) is 18.2. The predicted molar refractivity (Wildman–Crippen MR) is 36.7 cm³/mol.